The first kappa shape index (κ1) is 16.0. The van der Waals surface area contributed by atoms with E-state index < -0.39 is 6.09 Å². The van der Waals surface area contributed by atoms with Crippen molar-refractivity contribution in [1.82, 2.24) is 4.90 Å². The lowest BCUT2D eigenvalue weighted by molar-refractivity contribution is -0.129. The van der Waals surface area contributed by atoms with Crippen LogP contribution in [-0.4, -0.2) is 29.5 Å². The second-order valence-corrected chi connectivity index (χ2v) is 6.73. The quantitative estimate of drug-likeness (QED) is 0.827. The number of carbonyl (C=O) groups excluding carboxylic acids is 2. The summed E-state index contributed by atoms with van der Waals surface area (Å²) >= 11 is 0. The standard InChI is InChI=1S/C19H25NO3/c21-18(12-11-15-7-3-1-4-8-15)20-17(14-23-19(20)22)13-16-9-5-2-6-10-16/h2,5-6,9-10,15,17H,1,3-4,7-8,11-14H2/t17-/m1/s1. The lowest BCUT2D eigenvalue weighted by atomic mass is 9.86. The molecule has 0 radical (unpaired) electrons. The molecule has 1 aliphatic heterocycles. The van der Waals surface area contributed by atoms with Crippen LogP contribution in [0.25, 0.3) is 0 Å². The van der Waals surface area contributed by atoms with Crippen LogP contribution in [0.1, 0.15) is 50.5 Å². The van der Waals surface area contributed by atoms with Crippen LogP contribution in [-0.2, 0) is 16.0 Å². The summed E-state index contributed by atoms with van der Waals surface area (Å²) in [5, 5.41) is 0. The highest BCUT2D eigenvalue weighted by atomic mass is 16.6. The van der Waals surface area contributed by atoms with Crippen LogP contribution in [0.4, 0.5) is 4.79 Å². The molecule has 1 saturated carbocycles. The van der Waals surface area contributed by atoms with Crippen LogP contribution in [0, 0.1) is 5.92 Å². The maximum atomic E-state index is 12.5. The molecule has 0 aromatic heterocycles. The molecule has 1 saturated heterocycles. The summed E-state index contributed by atoms with van der Waals surface area (Å²) in [5.74, 6) is 0.581. The maximum absolute atomic E-state index is 12.5. The SMILES string of the molecule is O=C(CCC1CCCCC1)N1C(=O)OC[C@H]1Cc1ccccc1. The minimum absolute atomic E-state index is 0.0704. The Bertz CT molecular complexity index is 537. The van der Waals surface area contributed by atoms with E-state index in [-0.39, 0.29) is 11.9 Å². The molecule has 1 aromatic carbocycles. The number of hydrogen-bond acceptors (Lipinski definition) is 3. The summed E-state index contributed by atoms with van der Waals surface area (Å²) in [4.78, 5) is 25.8. The number of ether oxygens (including phenoxy) is 1. The number of carbonyl (C=O) groups is 2. The third kappa shape index (κ3) is 4.12. The molecular weight excluding hydrogens is 290 g/mol. The second kappa shape index (κ2) is 7.62. The van der Waals surface area contributed by atoms with Crippen molar-refractivity contribution in [2.75, 3.05) is 6.61 Å². The molecule has 1 atom stereocenters. The number of benzene rings is 1. The van der Waals surface area contributed by atoms with Crippen molar-refractivity contribution in [3.05, 3.63) is 35.9 Å². The number of nitrogens with zero attached hydrogens (tertiary/aromatic N) is 1. The molecule has 2 aliphatic rings. The first-order chi connectivity index (χ1) is 11.2. The zero-order valence-corrected chi connectivity index (χ0v) is 13.6. The Labute approximate surface area is 137 Å². The van der Waals surface area contributed by atoms with Gasteiger partial charge in [0, 0.05) is 6.42 Å². The molecule has 0 bridgehead atoms. The van der Waals surface area contributed by atoms with E-state index in [4.69, 9.17) is 4.74 Å². The molecule has 0 spiro atoms. The number of hydrogen-bond donors (Lipinski definition) is 0. The molecular formula is C19H25NO3. The van der Waals surface area contributed by atoms with Gasteiger partial charge in [-0.05, 0) is 24.3 Å². The lowest BCUT2D eigenvalue weighted by Crippen LogP contribution is -2.40. The average Bonchev–Trinajstić information content (AvgIpc) is 2.95. The normalized spacial score (nSPS) is 22.2. The van der Waals surface area contributed by atoms with Crippen LogP contribution < -0.4 is 0 Å². The van der Waals surface area contributed by atoms with E-state index in [0.29, 0.717) is 25.4 Å². The molecule has 124 valence electrons. The van der Waals surface area contributed by atoms with Gasteiger partial charge in [0.15, 0.2) is 0 Å². The molecule has 4 heteroatoms. The topological polar surface area (TPSA) is 46.6 Å². The Morgan fingerprint density at radius 3 is 2.61 bits per heavy atom. The van der Waals surface area contributed by atoms with Crippen molar-refractivity contribution in [3.8, 4) is 0 Å². The second-order valence-electron chi connectivity index (χ2n) is 6.73. The van der Waals surface area contributed by atoms with Crippen LogP contribution in [0.5, 0.6) is 0 Å². The summed E-state index contributed by atoms with van der Waals surface area (Å²) in [6.45, 7) is 0.308. The summed E-state index contributed by atoms with van der Waals surface area (Å²) in [5.41, 5.74) is 1.13. The van der Waals surface area contributed by atoms with Crippen molar-refractivity contribution in [3.63, 3.8) is 0 Å². The summed E-state index contributed by atoms with van der Waals surface area (Å²) < 4.78 is 5.13. The van der Waals surface area contributed by atoms with Gasteiger partial charge in [0.2, 0.25) is 5.91 Å². The molecule has 2 amide bonds. The van der Waals surface area contributed by atoms with Gasteiger partial charge in [-0.25, -0.2) is 9.69 Å². The minimum atomic E-state index is -0.473. The highest BCUT2D eigenvalue weighted by molar-refractivity contribution is 5.93. The number of imide groups is 1. The van der Waals surface area contributed by atoms with Crippen LogP contribution in [0.2, 0.25) is 0 Å². The molecule has 1 aromatic rings. The highest BCUT2D eigenvalue weighted by Gasteiger charge is 2.37. The highest BCUT2D eigenvalue weighted by Crippen LogP contribution is 2.28. The molecule has 1 heterocycles. The van der Waals surface area contributed by atoms with E-state index in [1.807, 2.05) is 30.3 Å². The van der Waals surface area contributed by atoms with E-state index >= 15 is 0 Å². The Morgan fingerprint density at radius 2 is 1.87 bits per heavy atom. The van der Waals surface area contributed by atoms with E-state index in [9.17, 15) is 9.59 Å². The first-order valence-corrected chi connectivity index (χ1v) is 8.77. The van der Waals surface area contributed by atoms with Gasteiger partial charge in [0.05, 0.1) is 6.04 Å². The van der Waals surface area contributed by atoms with Gasteiger partial charge >= 0.3 is 6.09 Å². The van der Waals surface area contributed by atoms with E-state index in [2.05, 4.69) is 0 Å². The van der Waals surface area contributed by atoms with Crippen molar-refractivity contribution >= 4 is 12.0 Å². The van der Waals surface area contributed by atoms with Gasteiger partial charge < -0.3 is 4.74 Å². The molecule has 1 aliphatic carbocycles. The zero-order valence-electron chi connectivity index (χ0n) is 13.6. The smallest absolute Gasteiger partial charge is 0.416 e. The fourth-order valence-electron chi connectivity index (χ4n) is 3.73. The van der Waals surface area contributed by atoms with Crippen LogP contribution in [0.3, 0.4) is 0 Å². The predicted molar refractivity (Wildman–Crippen MR) is 87.9 cm³/mol. The number of amides is 2. The fraction of sp³-hybridized carbons (Fsp3) is 0.579. The Hall–Kier alpha value is -1.84. The summed E-state index contributed by atoms with van der Waals surface area (Å²) in [6.07, 6.45) is 7.90. The predicted octanol–water partition coefficient (Wildman–Crippen LogP) is 3.94. The number of rotatable bonds is 5. The van der Waals surface area contributed by atoms with Gasteiger partial charge in [-0.3, -0.25) is 4.79 Å². The molecule has 4 nitrogen and oxygen atoms in total. The largest absolute Gasteiger partial charge is 0.447 e. The van der Waals surface area contributed by atoms with Gasteiger partial charge in [-0.2, -0.15) is 0 Å². The Morgan fingerprint density at radius 1 is 1.13 bits per heavy atom. The monoisotopic (exact) mass is 315 g/mol. The van der Waals surface area contributed by atoms with E-state index in [1.165, 1.54) is 37.0 Å². The van der Waals surface area contributed by atoms with Crippen molar-refractivity contribution in [2.45, 2.75) is 57.4 Å². The molecule has 3 rings (SSSR count). The van der Waals surface area contributed by atoms with E-state index in [0.717, 1.165) is 12.0 Å². The van der Waals surface area contributed by atoms with Crippen molar-refractivity contribution in [2.24, 2.45) is 5.92 Å². The summed E-state index contributed by atoms with van der Waals surface area (Å²) in [7, 11) is 0. The number of cyclic esters (lactones) is 1. The van der Waals surface area contributed by atoms with Gasteiger partial charge in [-0.1, -0.05) is 62.4 Å². The van der Waals surface area contributed by atoms with Gasteiger partial charge in [-0.15, -0.1) is 0 Å². The Kier molecular flexibility index (Phi) is 5.31. The Balaban J connectivity index is 1.56. The lowest BCUT2D eigenvalue weighted by Gasteiger charge is -2.23. The first-order valence-electron chi connectivity index (χ1n) is 8.77. The molecule has 23 heavy (non-hydrogen) atoms. The third-order valence-electron chi connectivity index (χ3n) is 5.04. The molecule has 0 unspecified atom stereocenters. The van der Waals surface area contributed by atoms with Crippen LogP contribution >= 0.6 is 0 Å². The zero-order chi connectivity index (χ0) is 16.1. The summed E-state index contributed by atoms with van der Waals surface area (Å²) in [6, 6.07) is 9.79. The fourth-order valence-corrected chi connectivity index (χ4v) is 3.73. The average molecular weight is 315 g/mol. The van der Waals surface area contributed by atoms with Crippen molar-refractivity contribution in [1.29, 1.82) is 0 Å². The van der Waals surface area contributed by atoms with Gasteiger partial charge in [0.25, 0.3) is 0 Å². The van der Waals surface area contributed by atoms with E-state index in [1.54, 1.807) is 0 Å². The van der Waals surface area contributed by atoms with Crippen molar-refractivity contribution < 1.29 is 14.3 Å². The minimum Gasteiger partial charge on any atom is -0.447 e. The third-order valence-corrected chi connectivity index (χ3v) is 5.04. The molecule has 0 N–H and O–H groups in total. The van der Waals surface area contributed by atoms with Crippen LogP contribution in [0.15, 0.2) is 30.3 Å². The van der Waals surface area contributed by atoms with Gasteiger partial charge in [0.1, 0.15) is 6.61 Å². The maximum Gasteiger partial charge on any atom is 0.416 e. The molecule has 2 fully saturated rings.